The number of ether oxygens (including phenoxy) is 1. The minimum Gasteiger partial charge on any atom is -0.458 e. The van der Waals surface area contributed by atoms with Crippen LogP contribution in [0.1, 0.15) is 79.0 Å². The van der Waals surface area contributed by atoms with Gasteiger partial charge in [-0.3, -0.25) is 13.7 Å². The predicted octanol–water partition coefficient (Wildman–Crippen LogP) is 18.2. The molecule has 15 rings (SSSR count). The number of fused-ring (bicyclic) bond motifs is 10. The number of aromatic nitrogens is 4. The molecule has 0 amide bonds. The van der Waals surface area contributed by atoms with Gasteiger partial charge in [0.2, 0.25) is 0 Å². The van der Waals surface area contributed by atoms with Crippen LogP contribution in [-0.2, 0) is 16.2 Å². The average molecular weight is 1180 g/mol. The van der Waals surface area contributed by atoms with Crippen LogP contribution in [0.4, 0.5) is 0 Å². The largest absolute Gasteiger partial charge is 0.458 e. The first-order valence-electron chi connectivity index (χ1n) is 31.5. The van der Waals surface area contributed by atoms with Crippen LogP contribution in [-0.4, -0.2) is 22.2 Å². The number of benzene rings is 11. The minimum absolute atomic E-state index is 0.0439. The van der Waals surface area contributed by atoms with E-state index in [0.717, 1.165) is 78.2 Å². The van der Waals surface area contributed by atoms with Crippen LogP contribution in [0.25, 0.3) is 94.5 Å². The standard InChI is InChI=1S/C84H72N4OSi/c1-82(2,3)57-46-47-85-79(51-57)88-76-40-22-21-36-71(76)72-44-42-62(53-78(72)88)89-61-27-23-26-60(52-61)86-55-87-80-67(56-48-58(83(4,5)6)50-59(49-56)84(7,8)9)37-24-38-74(80)75-54-66(43-45-70(75)68-34-19-20-35-69(68)73-39-25-41-77(86)81(73)87)90(63-28-13-10-14-29-63,64-30-15-11-16-31-64)65-32-17-12-18-33-65/h10-54H,1-9H3. The van der Waals surface area contributed by atoms with Crippen LogP contribution in [0, 0.1) is 6.33 Å². The normalized spacial score (nSPS) is 12.5. The number of rotatable bonds is 9. The van der Waals surface area contributed by atoms with Crippen LogP contribution in [0.3, 0.4) is 0 Å². The van der Waals surface area contributed by atoms with E-state index in [1.165, 1.54) is 59.5 Å². The molecule has 0 radical (unpaired) electrons. The Hall–Kier alpha value is -10.1. The SMILES string of the molecule is CC(C)(C)c1cc(-c2cccc3c2-[n+]2[c-]n(-c4cccc(Oc5ccc6c7ccccc7n(-c7cc(C(C)(C)C)ccn7)c6c5)c4)c4cccc(c42)-c2ccccc2-c2ccc([Si](c4ccccc4)(c4ccccc4)c4ccccc4)cc2-3)cc(C(C)(C)C)c1. The van der Waals surface area contributed by atoms with E-state index in [1.807, 2.05) is 6.20 Å². The van der Waals surface area contributed by atoms with Gasteiger partial charge in [-0.05, 0) is 147 Å². The van der Waals surface area contributed by atoms with Crippen molar-refractivity contribution in [3.63, 3.8) is 0 Å². The van der Waals surface area contributed by atoms with Crippen LogP contribution in [0.15, 0.2) is 273 Å². The zero-order chi connectivity index (χ0) is 61.7. The summed E-state index contributed by atoms with van der Waals surface area (Å²) in [5.74, 6) is 2.33. The lowest BCUT2D eigenvalue weighted by Crippen LogP contribution is -2.74. The molecule has 4 heterocycles. The van der Waals surface area contributed by atoms with E-state index in [2.05, 4.69) is 349 Å². The number of hydrogen-bond donors (Lipinski definition) is 0. The molecule has 14 aromatic rings. The Morgan fingerprint density at radius 3 is 1.58 bits per heavy atom. The molecule has 0 aliphatic carbocycles. The lowest BCUT2D eigenvalue weighted by molar-refractivity contribution is -0.570. The molecule has 0 N–H and O–H groups in total. The van der Waals surface area contributed by atoms with Gasteiger partial charge in [-0.15, -0.1) is 0 Å². The highest BCUT2D eigenvalue weighted by Gasteiger charge is 2.42. The average Bonchev–Trinajstić information content (AvgIpc) is 1.32. The van der Waals surface area contributed by atoms with Crippen molar-refractivity contribution in [1.29, 1.82) is 0 Å². The number of para-hydroxylation sites is 3. The van der Waals surface area contributed by atoms with Crippen molar-refractivity contribution < 1.29 is 9.30 Å². The molecule has 1 aliphatic rings. The predicted molar refractivity (Wildman–Crippen MR) is 377 cm³/mol. The molecule has 0 atom stereocenters. The summed E-state index contributed by atoms with van der Waals surface area (Å²) in [7, 11) is -3.02. The van der Waals surface area contributed by atoms with E-state index in [0.29, 0.717) is 5.75 Å². The second-order valence-corrected chi connectivity index (χ2v) is 31.2. The van der Waals surface area contributed by atoms with E-state index >= 15 is 0 Å². The lowest BCUT2D eigenvalue weighted by atomic mass is 9.78. The summed E-state index contributed by atoms with van der Waals surface area (Å²) in [6.45, 7) is 20.7. The Kier molecular flexibility index (Phi) is 13.5. The van der Waals surface area contributed by atoms with Gasteiger partial charge in [0.05, 0.1) is 33.4 Å². The van der Waals surface area contributed by atoms with Crippen molar-refractivity contribution in [2.24, 2.45) is 0 Å². The summed E-state index contributed by atoms with van der Waals surface area (Å²) in [5.41, 5.74) is 18.9. The second-order valence-electron chi connectivity index (χ2n) is 27.4. The minimum atomic E-state index is -3.02. The third-order valence-corrected chi connectivity index (χ3v) is 23.4. The van der Waals surface area contributed by atoms with Crippen LogP contribution in [0.2, 0.25) is 0 Å². The first kappa shape index (κ1) is 56.4. The Bertz CT molecular complexity index is 4960. The van der Waals surface area contributed by atoms with Gasteiger partial charge in [0.1, 0.15) is 17.3 Å². The van der Waals surface area contributed by atoms with E-state index in [9.17, 15) is 0 Å². The first-order valence-corrected chi connectivity index (χ1v) is 33.5. The fourth-order valence-corrected chi connectivity index (χ4v) is 18.7. The Labute approximate surface area is 529 Å². The van der Waals surface area contributed by atoms with Crippen LogP contribution in [0.5, 0.6) is 11.5 Å². The van der Waals surface area contributed by atoms with E-state index in [-0.39, 0.29) is 16.2 Å². The summed E-state index contributed by atoms with van der Waals surface area (Å²) >= 11 is 0. The second kappa shape index (κ2) is 21.6. The Morgan fingerprint density at radius 2 is 0.911 bits per heavy atom. The molecule has 0 saturated heterocycles. The maximum Gasteiger partial charge on any atom is 0.269 e. The van der Waals surface area contributed by atoms with Crippen molar-refractivity contribution in [2.75, 3.05) is 0 Å². The smallest absolute Gasteiger partial charge is 0.269 e. The van der Waals surface area contributed by atoms with Gasteiger partial charge in [0, 0.05) is 23.0 Å². The van der Waals surface area contributed by atoms with Gasteiger partial charge in [-0.25, -0.2) is 4.98 Å². The van der Waals surface area contributed by atoms with Crippen molar-refractivity contribution >= 4 is 61.7 Å². The van der Waals surface area contributed by atoms with Crippen molar-refractivity contribution in [3.05, 3.63) is 296 Å². The Balaban J connectivity index is 0.979. The number of imidazole rings is 1. The highest BCUT2D eigenvalue weighted by molar-refractivity contribution is 7.20. The fraction of sp³-hybridized carbons (Fsp3) is 0.143. The number of pyridine rings is 1. The lowest BCUT2D eigenvalue weighted by Gasteiger charge is -2.35. The molecule has 0 saturated carbocycles. The third kappa shape index (κ3) is 9.51. The molecule has 5 nitrogen and oxygen atoms in total. The fourth-order valence-electron chi connectivity index (χ4n) is 14.0. The van der Waals surface area contributed by atoms with Crippen LogP contribution < -0.4 is 30.1 Å². The molecule has 0 unspecified atom stereocenters. The number of nitrogens with zero attached hydrogens (tertiary/aromatic N) is 4. The van der Waals surface area contributed by atoms with Gasteiger partial charge < -0.3 is 4.74 Å². The first-order chi connectivity index (χ1) is 43.5. The molecule has 0 bridgehead atoms. The summed E-state index contributed by atoms with van der Waals surface area (Å²) in [5, 5.41) is 7.60. The zero-order valence-electron chi connectivity index (χ0n) is 52.7. The summed E-state index contributed by atoms with van der Waals surface area (Å²) < 4.78 is 13.9. The summed E-state index contributed by atoms with van der Waals surface area (Å²) in [6.07, 6.45) is 6.06. The van der Waals surface area contributed by atoms with Crippen LogP contribution >= 0.6 is 0 Å². The molecule has 3 aromatic heterocycles. The van der Waals surface area contributed by atoms with Gasteiger partial charge >= 0.3 is 0 Å². The highest BCUT2D eigenvalue weighted by Crippen LogP contribution is 2.46. The van der Waals surface area contributed by atoms with E-state index in [1.54, 1.807) is 0 Å². The molecule has 11 aromatic carbocycles. The van der Waals surface area contributed by atoms with E-state index in [4.69, 9.17) is 9.72 Å². The highest BCUT2D eigenvalue weighted by atomic mass is 28.3. The van der Waals surface area contributed by atoms with Gasteiger partial charge in [0.15, 0.2) is 8.07 Å². The van der Waals surface area contributed by atoms with Crippen molar-refractivity contribution in [3.8, 4) is 73.2 Å². The topological polar surface area (TPSA) is 35.9 Å². The monoisotopic (exact) mass is 1180 g/mol. The zero-order valence-corrected chi connectivity index (χ0v) is 53.7. The van der Waals surface area contributed by atoms with Gasteiger partial charge in [0.25, 0.3) is 6.33 Å². The molecular weight excluding hydrogens is 1110 g/mol. The molecular formula is C84H72N4OSi. The van der Waals surface area contributed by atoms with Crippen molar-refractivity contribution in [2.45, 2.75) is 78.6 Å². The third-order valence-electron chi connectivity index (χ3n) is 18.6. The maximum absolute atomic E-state index is 7.02. The maximum atomic E-state index is 7.02. The molecule has 90 heavy (non-hydrogen) atoms. The van der Waals surface area contributed by atoms with E-state index < -0.39 is 8.07 Å². The summed E-state index contributed by atoms with van der Waals surface area (Å²) in [6, 6.07) is 99.2. The molecule has 0 spiro atoms. The van der Waals surface area contributed by atoms with Gasteiger partial charge in [-0.2, -0.15) is 0 Å². The van der Waals surface area contributed by atoms with Gasteiger partial charge in [-0.1, -0.05) is 275 Å². The molecule has 0 fully saturated rings. The Morgan fingerprint density at radius 1 is 0.378 bits per heavy atom. The number of hydrogen-bond acceptors (Lipinski definition) is 2. The molecule has 438 valence electrons. The molecule has 1 aliphatic heterocycles. The molecule has 6 heteroatoms. The van der Waals surface area contributed by atoms with Crippen molar-refractivity contribution in [1.82, 2.24) is 14.1 Å². The quantitative estimate of drug-likeness (QED) is 0.0625. The summed E-state index contributed by atoms with van der Waals surface area (Å²) in [4.78, 5) is 4.97.